The number of ether oxygens (including phenoxy) is 1. The van der Waals surface area contributed by atoms with Crippen LogP contribution in [0.1, 0.15) is 42.4 Å². The van der Waals surface area contributed by atoms with Crippen molar-refractivity contribution in [3.8, 4) is 5.75 Å². The topological polar surface area (TPSA) is 47.5 Å². The summed E-state index contributed by atoms with van der Waals surface area (Å²) < 4.78 is 17.6. The molecule has 1 atom stereocenters. The van der Waals surface area contributed by atoms with Crippen molar-refractivity contribution >= 4 is 21.9 Å². The number of rotatable bonds is 2. The molecule has 0 spiro atoms. The van der Waals surface area contributed by atoms with Gasteiger partial charge in [-0.3, -0.25) is 0 Å². The maximum absolute atomic E-state index is 6.05. The fraction of sp³-hybridized carbons (Fsp3) is 0.444. The molecule has 3 heterocycles. The van der Waals surface area contributed by atoms with Crippen LogP contribution >= 0.6 is 0 Å². The van der Waals surface area contributed by atoms with Crippen LogP contribution in [-0.2, 0) is 0 Å². The number of benzene rings is 1. The zero-order chi connectivity index (χ0) is 15.3. The van der Waals surface area contributed by atoms with E-state index in [1.54, 1.807) is 7.11 Å². The standard InChI is InChI=1S/C18H21NO3/c1-10-8-12-15(14-6-4-5-7-19-14)16-13(9-11(2)21-16)17(20-3)18(12)22-10/h8-9,14,19H,4-7H2,1-3H3. The number of hydrogen-bond donors (Lipinski definition) is 1. The average molecular weight is 299 g/mol. The van der Waals surface area contributed by atoms with E-state index in [-0.39, 0.29) is 0 Å². The molecule has 1 aromatic carbocycles. The highest BCUT2D eigenvalue weighted by Crippen LogP contribution is 2.44. The van der Waals surface area contributed by atoms with Crippen molar-refractivity contribution in [1.29, 1.82) is 0 Å². The average Bonchev–Trinajstić information content (AvgIpc) is 3.07. The summed E-state index contributed by atoms with van der Waals surface area (Å²) in [4.78, 5) is 0. The number of nitrogens with one attached hydrogen (secondary N) is 1. The van der Waals surface area contributed by atoms with Gasteiger partial charge in [-0.2, -0.15) is 0 Å². The molecule has 0 radical (unpaired) electrons. The van der Waals surface area contributed by atoms with Gasteiger partial charge in [0.15, 0.2) is 11.3 Å². The van der Waals surface area contributed by atoms with E-state index in [1.165, 1.54) is 18.4 Å². The molecule has 1 N–H and O–H groups in total. The van der Waals surface area contributed by atoms with Gasteiger partial charge < -0.3 is 18.9 Å². The third-order valence-corrected chi connectivity index (χ3v) is 4.56. The van der Waals surface area contributed by atoms with Crippen LogP contribution in [0.5, 0.6) is 5.75 Å². The minimum Gasteiger partial charge on any atom is -0.492 e. The zero-order valence-electron chi connectivity index (χ0n) is 13.3. The second kappa shape index (κ2) is 5.06. The van der Waals surface area contributed by atoms with Crippen molar-refractivity contribution < 1.29 is 13.6 Å². The van der Waals surface area contributed by atoms with E-state index in [1.807, 2.05) is 19.9 Å². The quantitative estimate of drug-likeness (QED) is 0.750. The minimum atomic E-state index is 0.312. The van der Waals surface area contributed by atoms with Crippen molar-refractivity contribution in [2.75, 3.05) is 13.7 Å². The summed E-state index contributed by atoms with van der Waals surface area (Å²) in [5.41, 5.74) is 2.98. The molecule has 0 bridgehead atoms. The molecular formula is C18H21NO3. The Morgan fingerprint density at radius 1 is 1.05 bits per heavy atom. The molecule has 1 unspecified atom stereocenters. The fourth-order valence-corrected chi connectivity index (χ4v) is 3.66. The maximum atomic E-state index is 6.05. The molecule has 116 valence electrons. The Bertz CT molecular complexity index is 779. The van der Waals surface area contributed by atoms with Gasteiger partial charge in [-0.1, -0.05) is 6.42 Å². The largest absolute Gasteiger partial charge is 0.492 e. The predicted molar refractivity (Wildman–Crippen MR) is 86.6 cm³/mol. The Balaban J connectivity index is 2.10. The zero-order valence-corrected chi connectivity index (χ0v) is 13.3. The molecule has 1 fully saturated rings. The van der Waals surface area contributed by atoms with E-state index in [2.05, 4.69) is 11.4 Å². The van der Waals surface area contributed by atoms with Gasteiger partial charge >= 0.3 is 0 Å². The van der Waals surface area contributed by atoms with Crippen LogP contribution in [0.3, 0.4) is 0 Å². The lowest BCUT2D eigenvalue weighted by Gasteiger charge is -2.24. The first-order valence-corrected chi connectivity index (χ1v) is 7.92. The summed E-state index contributed by atoms with van der Waals surface area (Å²) in [6.07, 6.45) is 3.60. The number of aryl methyl sites for hydroxylation is 2. The number of fused-ring (bicyclic) bond motifs is 2. The third kappa shape index (κ3) is 1.94. The van der Waals surface area contributed by atoms with Crippen molar-refractivity contribution in [2.45, 2.75) is 39.2 Å². The molecule has 3 aromatic rings. The highest BCUT2D eigenvalue weighted by Gasteiger charge is 2.27. The van der Waals surface area contributed by atoms with Crippen molar-refractivity contribution in [2.24, 2.45) is 0 Å². The number of hydrogen-bond acceptors (Lipinski definition) is 4. The van der Waals surface area contributed by atoms with E-state index in [4.69, 9.17) is 13.6 Å². The van der Waals surface area contributed by atoms with Crippen molar-refractivity contribution in [1.82, 2.24) is 5.32 Å². The van der Waals surface area contributed by atoms with Crippen LogP contribution in [0.2, 0.25) is 0 Å². The number of piperidine rings is 1. The van der Waals surface area contributed by atoms with E-state index in [9.17, 15) is 0 Å². The lowest BCUT2D eigenvalue weighted by atomic mass is 9.93. The van der Waals surface area contributed by atoms with Gasteiger partial charge in [-0.05, 0) is 45.4 Å². The molecule has 0 amide bonds. The fourth-order valence-electron chi connectivity index (χ4n) is 3.66. The smallest absolute Gasteiger partial charge is 0.177 e. The van der Waals surface area contributed by atoms with Gasteiger partial charge in [-0.25, -0.2) is 0 Å². The second-order valence-electron chi connectivity index (χ2n) is 6.15. The van der Waals surface area contributed by atoms with Gasteiger partial charge in [0, 0.05) is 17.0 Å². The number of methoxy groups -OCH3 is 1. The van der Waals surface area contributed by atoms with E-state index >= 15 is 0 Å². The number of furan rings is 2. The first-order chi connectivity index (χ1) is 10.7. The second-order valence-corrected chi connectivity index (χ2v) is 6.15. The van der Waals surface area contributed by atoms with Gasteiger partial charge in [-0.15, -0.1) is 0 Å². The molecule has 1 aliphatic rings. The summed E-state index contributed by atoms with van der Waals surface area (Å²) in [5.74, 6) is 2.57. The molecule has 4 rings (SSSR count). The summed E-state index contributed by atoms with van der Waals surface area (Å²) in [6, 6.07) is 4.45. The molecule has 4 heteroatoms. The predicted octanol–water partition coefficient (Wildman–Crippen LogP) is 4.62. The van der Waals surface area contributed by atoms with Crippen LogP contribution in [-0.4, -0.2) is 13.7 Å². The maximum Gasteiger partial charge on any atom is 0.177 e. The van der Waals surface area contributed by atoms with Gasteiger partial charge in [0.25, 0.3) is 0 Å². The van der Waals surface area contributed by atoms with Crippen LogP contribution in [0.4, 0.5) is 0 Å². The normalized spacial score (nSPS) is 19.1. The third-order valence-electron chi connectivity index (χ3n) is 4.56. The monoisotopic (exact) mass is 299 g/mol. The lowest BCUT2D eigenvalue weighted by Crippen LogP contribution is -2.27. The molecule has 1 saturated heterocycles. The summed E-state index contributed by atoms with van der Waals surface area (Å²) >= 11 is 0. The Morgan fingerprint density at radius 3 is 2.45 bits per heavy atom. The Morgan fingerprint density at radius 2 is 1.77 bits per heavy atom. The van der Waals surface area contributed by atoms with Crippen LogP contribution < -0.4 is 10.1 Å². The molecule has 0 aliphatic carbocycles. The van der Waals surface area contributed by atoms with E-state index in [0.29, 0.717) is 6.04 Å². The van der Waals surface area contributed by atoms with E-state index in [0.717, 1.165) is 52.2 Å². The summed E-state index contributed by atoms with van der Waals surface area (Å²) in [6.45, 7) is 5.01. The van der Waals surface area contributed by atoms with E-state index < -0.39 is 0 Å². The van der Waals surface area contributed by atoms with Gasteiger partial charge in [0.05, 0.1) is 12.5 Å². The van der Waals surface area contributed by atoms with Gasteiger partial charge in [0.1, 0.15) is 17.1 Å². The Labute approximate surface area is 129 Å². The van der Waals surface area contributed by atoms with Gasteiger partial charge in [0.2, 0.25) is 0 Å². The summed E-state index contributed by atoms with van der Waals surface area (Å²) in [5, 5.41) is 5.74. The Kier molecular flexibility index (Phi) is 3.15. The molecule has 2 aromatic heterocycles. The molecule has 4 nitrogen and oxygen atoms in total. The van der Waals surface area contributed by atoms with Crippen LogP contribution in [0.25, 0.3) is 21.9 Å². The van der Waals surface area contributed by atoms with Crippen LogP contribution in [0.15, 0.2) is 21.0 Å². The SMILES string of the molecule is COc1c2cc(C)oc2c(C2CCCCN2)c2cc(C)oc12. The summed E-state index contributed by atoms with van der Waals surface area (Å²) in [7, 11) is 1.69. The lowest BCUT2D eigenvalue weighted by molar-refractivity contribution is 0.407. The molecular weight excluding hydrogens is 278 g/mol. The minimum absolute atomic E-state index is 0.312. The molecule has 0 saturated carbocycles. The first kappa shape index (κ1) is 13.7. The van der Waals surface area contributed by atoms with Crippen molar-refractivity contribution in [3.05, 3.63) is 29.2 Å². The highest BCUT2D eigenvalue weighted by molar-refractivity contribution is 6.05. The van der Waals surface area contributed by atoms with Crippen LogP contribution in [0, 0.1) is 13.8 Å². The molecule has 1 aliphatic heterocycles. The Hall–Kier alpha value is -1.94. The highest BCUT2D eigenvalue weighted by atomic mass is 16.5. The first-order valence-electron chi connectivity index (χ1n) is 7.92. The molecule has 22 heavy (non-hydrogen) atoms. The van der Waals surface area contributed by atoms with Crippen molar-refractivity contribution in [3.63, 3.8) is 0 Å².